The summed E-state index contributed by atoms with van der Waals surface area (Å²) in [5.41, 5.74) is 0.814. The van der Waals surface area contributed by atoms with Gasteiger partial charge < -0.3 is 19.7 Å². The number of rotatable bonds is 4. The number of hydrogen-bond acceptors (Lipinski definition) is 5. The van der Waals surface area contributed by atoms with Gasteiger partial charge in [0.2, 0.25) is 0 Å². The minimum Gasteiger partial charge on any atom is -0.469 e. The van der Waals surface area contributed by atoms with Gasteiger partial charge in [-0.15, -0.1) is 0 Å². The van der Waals surface area contributed by atoms with Crippen molar-refractivity contribution in [2.24, 2.45) is 0 Å². The maximum Gasteiger partial charge on any atom is 0.305 e. The molecule has 0 radical (unpaired) electrons. The normalized spacial score (nSPS) is 30.3. The van der Waals surface area contributed by atoms with Crippen LogP contribution < -0.4 is 0 Å². The predicted octanol–water partition coefficient (Wildman–Crippen LogP) is 0.801. The van der Waals surface area contributed by atoms with Crippen LogP contribution in [0.3, 0.4) is 0 Å². The van der Waals surface area contributed by atoms with E-state index in [9.17, 15) is 15.0 Å². The molecular weight excluding hydrogens is 248 g/mol. The zero-order chi connectivity index (χ0) is 13.8. The van der Waals surface area contributed by atoms with Crippen molar-refractivity contribution in [2.75, 3.05) is 7.11 Å². The summed E-state index contributed by atoms with van der Waals surface area (Å²) in [5.74, 6) is -0.353. The van der Waals surface area contributed by atoms with E-state index in [0.29, 0.717) is 6.42 Å². The predicted molar refractivity (Wildman–Crippen MR) is 67.3 cm³/mol. The summed E-state index contributed by atoms with van der Waals surface area (Å²) in [6.07, 6.45) is -2.60. The molecule has 1 heterocycles. The molecule has 1 aromatic carbocycles. The van der Waals surface area contributed by atoms with Gasteiger partial charge in [0.15, 0.2) is 0 Å². The van der Waals surface area contributed by atoms with Crippen molar-refractivity contribution in [2.45, 2.75) is 37.3 Å². The highest BCUT2D eigenvalue weighted by Gasteiger charge is 2.43. The lowest BCUT2D eigenvalue weighted by Crippen LogP contribution is -2.30. The number of carbonyl (C=O) groups is 1. The number of hydrogen-bond donors (Lipinski definition) is 2. The van der Waals surface area contributed by atoms with E-state index < -0.39 is 24.4 Å². The summed E-state index contributed by atoms with van der Waals surface area (Å²) >= 11 is 0. The van der Waals surface area contributed by atoms with Gasteiger partial charge in [0.1, 0.15) is 18.3 Å². The van der Waals surface area contributed by atoms with Crippen LogP contribution in [0.5, 0.6) is 0 Å². The van der Waals surface area contributed by atoms with E-state index in [1.165, 1.54) is 7.11 Å². The molecule has 1 fully saturated rings. The van der Waals surface area contributed by atoms with E-state index in [4.69, 9.17) is 4.74 Å². The summed E-state index contributed by atoms with van der Waals surface area (Å²) in [4.78, 5) is 11.1. The molecule has 0 amide bonds. The minimum absolute atomic E-state index is 0.159. The number of ether oxygens (including phenoxy) is 2. The molecule has 0 saturated carbocycles. The second-order valence-corrected chi connectivity index (χ2v) is 4.60. The Hall–Kier alpha value is -1.43. The fourth-order valence-electron chi connectivity index (χ4n) is 2.27. The third-order valence-electron chi connectivity index (χ3n) is 3.35. The van der Waals surface area contributed by atoms with Crippen LogP contribution in [-0.2, 0) is 14.3 Å². The summed E-state index contributed by atoms with van der Waals surface area (Å²) < 4.78 is 10.2. The van der Waals surface area contributed by atoms with Crippen molar-refractivity contribution in [3.05, 3.63) is 35.9 Å². The van der Waals surface area contributed by atoms with Gasteiger partial charge in [-0.25, -0.2) is 0 Å². The zero-order valence-electron chi connectivity index (χ0n) is 10.7. The SMILES string of the molecule is COC(=O)CC[C@@H]1OC(c2ccccc2)[C@@H](O)[C@@H]1O. The van der Waals surface area contributed by atoms with Gasteiger partial charge in [-0.05, 0) is 12.0 Å². The Kier molecular flexibility index (Phi) is 4.52. The number of benzene rings is 1. The molecule has 0 bridgehead atoms. The van der Waals surface area contributed by atoms with Gasteiger partial charge in [-0.2, -0.15) is 0 Å². The van der Waals surface area contributed by atoms with Crippen molar-refractivity contribution in [1.29, 1.82) is 0 Å². The molecule has 2 rings (SSSR count). The number of aliphatic hydroxyl groups is 2. The maximum absolute atomic E-state index is 11.1. The zero-order valence-corrected chi connectivity index (χ0v) is 10.7. The molecule has 1 aliphatic heterocycles. The van der Waals surface area contributed by atoms with Crippen LogP contribution in [0.15, 0.2) is 30.3 Å². The van der Waals surface area contributed by atoms with E-state index in [0.717, 1.165) is 5.56 Å². The molecule has 19 heavy (non-hydrogen) atoms. The van der Waals surface area contributed by atoms with E-state index in [-0.39, 0.29) is 12.4 Å². The molecule has 2 N–H and O–H groups in total. The Morgan fingerprint density at radius 1 is 1.26 bits per heavy atom. The van der Waals surface area contributed by atoms with Crippen molar-refractivity contribution in [1.82, 2.24) is 0 Å². The lowest BCUT2D eigenvalue weighted by molar-refractivity contribution is -0.141. The summed E-state index contributed by atoms with van der Waals surface area (Å²) in [7, 11) is 1.32. The van der Waals surface area contributed by atoms with Gasteiger partial charge in [0.05, 0.1) is 13.2 Å². The Balaban J connectivity index is 2.00. The van der Waals surface area contributed by atoms with E-state index >= 15 is 0 Å². The number of methoxy groups -OCH3 is 1. The first-order valence-electron chi connectivity index (χ1n) is 6.27. The van der Waals surface area contributed by atoms with Crippen LogP contribution in [0.2, 0.25) is 0 Å². The standard InChI is InChI=1S/C14H18O5/c1-18-11(15)8-7-10-12(16)13(17)14(19-10)9-5-3-2-4-6-9/h2-6,10,12-14,16-17H,7-8H2,1H3/t10-,12+,13-,14?/m0/s1. The van der Waals surface area contributed by atoms with Gasteiger partial charge in [0.25, 0.3) is 0 Å². The topological polar surface area (TPSA) is 76.0 Å². The molecule has 0 aromatic heterocycles. The molecule has 5 nitrogen and oxygen atoms in total. The van der Waals surface area contributed by atoms with Crippen molar-refractivity contribution >= 4 is 5.97 Å². The third kappa shape index (κ3) is 3.12. The molecule has 1 unspecified atom stereocenters. The molecule has 104 valence electrons. The quantitative estimate of drug-likeness (QED) is 0.788. The number of aliphatic hydroxyl groups excluding tert-OH is 2. The Bertz CT molecular complexity index is 419. The molecule has 0 spiro atoms. The average Bonchev–Trinajstić information content (AvgIpc) is 2.73. The first-order chi connectivity index (χ1) is 9.13. The average molecular weight is 266 g/mol. The summed E-state index contributed by atoms with van der Waals surface area (Å²) in [6, 6.07) is 9.24. The van der Waals surface area contributed by atoms with Crippen LogP contribution in [0.1, 0.15) is 24.5 Å². The highest BCUT2D eigenvalue weighted by molar-refractivity contribution is 5.69. The highest BCUT2D eigenvalue weighted by Crippen LogP contribution is 2.35. The van der Waals surface area contributed by atoms with Crippen molar-refractivity contribution in [3.63, 3.8) is 0 Å². The first kappa shape index (κ1) is 14.0. The van der Waals surface area contributed by atoms with Gasteiger partial charge >= 0.3 is 5.97 Å². The molecule has 1 aliphatic rings. The molecule has 5 heteroatoms. The molecule has 1 aromatic rings. The van der Waals surface area contributed by atoms with E-state index in [1.807, 2.05) is 30.3 Å². The molecule has 4 atom stereocenters. The second-order valence-electron chi connectivity index (χ2n) is 4.60. The molecule has 0 aliphatic carbocycles. The van der Waals surface area contributed by atoms with Gasteiger partial charge in [-0.3, -0.25) is 4.79 Å². The van der Waals surface area contributed by atoms with Crippen LogP contribution in [0.25, 0.3) is 0 Å². The smallest absolute Gasteiger partial charge is 0.305 e. The summed E-state index contributed by atoms with van der Waals surface area (Å²) in [5, 5.41) is 20.0. The summed E-state index contributed by atoms with van der Waals surface area (Å²) in [6.45, 7) is 0. The van der Waals surface area contributed by atoms with Gasteiger partial charge in [0, 0.05) is 6.42 Å². The Morgan fingerprint density at radius 3 is 2.58 bits per heavy atom. The van der Waals surface area contributed by atoms with Crippen LogP contribution >= 0.6 is 0 Å². The van der Waals surface area contributed by atoms with Crippen molar-refractivity contribution < 1.29 is 24.5 Å². The van der Waals surface area contributed by atoms with Crippen LogP contribution in [-0.4, -0.2) is 41.6 Å². The van der Waals surface area contributed by atoms with Gasteiger partial charge in [-0.1, -0.05) is 30.3 Å². The Morgan fingerprint density at radius 2 is 1.95 bits per heavy atom. The largest absolute Gasteiger partial charge is 0.469 e. The van der Waals surface area contributed by atoms with Crippen LogP contribution in [0.4, 0.5) is 0 Å². The fourth-order valence-corrected chi connectivity index (χ4v) is 2.27. The first-order valence-corrected chi connectivity index (χ1v) is 6.27. The minimum atomic E-state index is -0.991. The monoisotopic (exact) mass is 266 g/mol. The number of esters is 1. The van der Waals surface area contributed by atoms with E-state index in [1.54, 1.807) is 0 Å². The third-order valence-corrected chi connectivity index (χ3v) is 3.35. The second kappa shape index (κ2) is 6.14. The fraction of sp³-hybridized carbons (Fsp3) is 0.500. The molecular formula is C14H18O5. The van der Waals surface area contributed by atoms with Crippen LogP contribution in [0, 0.1) is 0 Å². The molecule has 1 saturated heterocycles. The van der Waals surface area contributed by atoms with E-state index in [2.05, 4.69) is 4.74 Å². The van der Waals surface area contributed by atoms with Crippen molar-refractivity contribution in [3.8, 4) is 0 Å². The highest BCUT2D eigenvalue weighted by atomic mass is 16.5. The maximum atomic E-state index is 11.1. The number of carbonyl (C=O) groups excluding carboxylic acids is 1. The Labute approximate surface area is 111 Å². The lowest BCUT2D eigenvalue weighted by atomic mass is 10.0. The lowest BCUT2D eigenvalue weighted by Gasteiger charge is -2.14.